The van der Waals surface area contributed by atoms with Crippen LogP contribution < -0.4 is 5.32 Å². The standard InChI is InChI=1S/C13H21NO/c1-10(2)13(6-7-13)9-14-11(3)12-5-4-8-15-12/h4-5,8,10-11,14H,6-7,9H2,1-3H3. The molecule has 1 aliphatic rings. The van der Waals surface area contributed by atoms with Crippen LogP contribution in [0.2, 0.25) is 0 Å². The van der Waals surface area contributed by atoms with Gasteiger partial charge in [0.05, 0.1) is 12.3 Å². The summed E-state index contributed by atoms with van der Waals surface area (Å²) < 4.78 is 5.38. The molecule has 0 radical (unpaired) electrons. The van der Waals surface area contributed by atoms with Crippen molar-refractivity contribution in [1.82, 2.24) is 5.32 Å². The van der Waals surface area contributed by atoms with Crippen LogP contribution in [-0.2, 0) is 0 Å². The highest BCUT2D eigenvalue weighted by molar-refractivity contribution is 5.04. The molecule has 1 atom stereocenters. The van der Waals surface area contributed by atoms with E-state index in [9.17, 15) is 0 Å². The van der Waals surface area contributed by atoms with Crippen molar-refractivity contribution in [3.8, 4) is 0 Å². The predicted octanol–water partition coefficient (Wildman–Crippen LogP) is 3.37. The first-order chi connectivity index (χ1) is 7.14. The molecule has 2 rings (SSSR count). The molecule has 0 saturated heterocycles. The van der Waals surface area contributed by atoms with Gasteiger partial charge in [0.15, 0.2) is 0 Å². The van der Waals surface area contributed by atoms with E-state index in [4.69, 9.17) is 4.42 Å². The van der Waals surface area contributed by atoms with Gasteiger partial charge in [-0.3, -0.25) is 0 Å². The summed E-state index contributed by atoms with van der Waals surface area (Å²) in [4.78, 5) is 0. The van der Waals surface area contributed by atoms with Crippen LogP contribution in [0.25, 0.3) is 0 Å². The zero-order valence-electron chi connectivity index (χ0n) is 9.92. The Morgan fingerprint density at radius 2 is 2.13 bits per heavy atom. The first-order valence-electron chi connectivity index (χ1n) is 5.91. The summed E-state index contributed by atoms with van der Waals surface area (Å²) in [6, 6.07) is 4.31. The summed E-state index contributed by atoms with van der Waals surface area (Å²) in [6.07, 6.45) is 4.49. The van der Waals surface area contributed by atoms with Crippen molar-refractivity contribution >= 4 is 0 Å². The molecule has 1 unspecified atom stereocenters. The van der Waals surface area contributed by atoms with Gasteiger partial charge in [-0.25, -0.2) is 0 Å². The molecule has 2 nitrogen and oxygen atoms in total. The maximum Gasteiger partial charge on any atom is 0.120 e. The van der Waals surface area contributed by atoms with Crippen LogP contribution in [0.5, 0.6) is 0 Å². The molecule has 1 N–H and O–H groups in total. The summed E-state index contributed by atoms with van der Waals surface area (Å²) in [6.45, 7) is 7.93. The van der Waals surface area contributed by atoms with Crippen molar-refractivity contribution in [3.05, 3.63) is 24.2 Å². The van der Waals surface area contributed by atoms with E-state index in [1.165, 1.54) is 12.8 Å². The van der Waals surface area contributed by atoms with Gasteiger partial charge in [0.2, 0.25) is 0 Å². The average molecular weight is 207 g/mol. The fourth-order valence-electron chi connectivity index (χ4n) is 2.11. The van der Waals surface area contributed by atoms with Crippen LogP contribution in [-0.4, -0.2) is 6.54 Å². The monoisotopic (exact) mass is 207 g/mol. The topological polar surface area (TPSA) is 25.2 Å². The summed E-state index contributed by atoms with van der Waals surface area (Å²) in [5, 5.41) is 3.58. The van der Waals surface area contributed by atoms with Gasteiger partial charge in [-0.05, 0) is 43.2 Å². The lowest BCUT2D eigenvalue weighted by molar-refractivity contribution is 0.313. The molecule has 0 amide bonds. The molecule has 0 aromatic carbocycles. The summed E-state index contributed by atoms with van der Waals surface area (Å²) in [5.74, 6) is 1.82. The lowest BCUT2D eigenvalue weighted by Gasteiger charge is -2.22. The Bertz CT molecular complexity index is 298. The SMILES string of the molecule is CC(NCC1(C(C)C)CC1)c1ccco1. The van der Waals surface area contributed by atoms with E-state index in [1.54, 1.807) is 6.26 Å². The maximum absolute atomic E-state index is 5.38. The second-order valence-electron chi connectivity index (χ2n) is 5.14. The molecule has 2 heteroatoms. The summed E-state index contributed by atoms with van der Waals surface area (Å²) in [5.41, 5.74) is 0.570. The number of rotatable bonds is 5. The highest BCUT2D eigenvalue weighted by Gasteiger charge is 2.44. The smallest absolute Gasteiger partial charge is 0.120 e. The average Bonchev–Trinajstić information content (AvgIpc) is 2.80. The first-order valence-corrected chi connectivity index (χ1v) is 5.91. The van der Waals surface area contributed by atoms with Gasteiger partial charge in [-0.1, -0.05) is 13.8 Å². The maximum atomic E-state index is 5.38. The van der Waals surface area contributed by atoms with Crippen LogP contribution in [0.4, 0.5) is 0 Å². The van der Waals surface area contributed by atoms with Crippen LogP contribution >= 0.6 is 0 Å². The Hall–Kier alpha value is -0.760. The molecule has 84 valence electrons. The minimum atomic E-state index is 0.330. The molecule has 15 heavy (non-hydrogen) atoms. The summed E-state index contributed by atoms with van der Waals surface area (Å²) in [7, 11) is 0. The van der Waals surface area contributed by atoms with Gasteiger partial charge in [0, 0.05) is 6.54 Å². The number of furan rings is 1. The van der Waals surface area contributed by atoms with Crippen molar-refractivity contribution in [2.45, 2.75) is 39.7 Å². The van der Waals surface area contributed by atoms with Crippen LogP contribution in [0.1, 0.15) is 45.4 Å². The fraction of sp³-hybridized carbons (Fsp3) is 0.692. The van der Waals surface area contributed by atoms with E-state index in [2.05, 4.69) is 26.1 Å². The molecule has 0 aliphatic heterocycles. The molecule has 0 spiro atoms. The predicted molar refractivity (Wildman–Crippen MR) is 61.6 cm³/mol. The van der Waals surface area contributed by atoms with Gasteiger partial charge in [0.25, 0.3) is 0 Å². The number of hydrogen-bond acceptors (Lipinski definition) is 2. The second-order valence-corrected chi connectivity index (χ2v) is 5.14. The minimum absolute atomic E-state index is 0.330. The van der Waals surface area contributed by atoms with E-state index < -0.39 is 0 Å². The highest BCUT2D eigenvalue weighted by Crippen LogP contribution is 2.51. The van der Waals surface area contributed by atoms with E-state index >= 15 is 0 Å². The van der Waals surface area contributed by atoms with Gasteiger partial charge >= 0.3 is 0 Å². The first kappa shape index (κ1) is 10.7. The Balaban J connectivity index is 1.84. The quantitative estimate of drug-likeness (QED) is 0.800. The van der Waals surface area contributed by atoms with Crippen molar-refractivity contribution in [1.29, 1.82) is 0 Å². The van der Waals surface area contributed by atoms with Crippen LogP contribution in [0, 0.1) is 11.3 Å². The Morgan fingerprint density at radius 1 is 1.40 bits per heavy atom. The van der Waals surface area contributed by atoms with Gasteiger partial charge in [-0.15, -0.1) is 0 Å². The largest absolute Gasteiger partial charge is 0.468 e. The molecule has 1 heterocycles. The molecular formula is C13H21NO. The van der Waals surface area contributed by atoms with Crippen molar-refractivity contribution in [3.63, 3.8) is 0 Å². The molecular weight excluding hydrogens is 186 g/mol. The molecule has 1 saturated carbocycles. The number of nitrogens with one attached hydrogen (secondary N) is 1. The van der Waals surface area contributed by atoms with Gasteiger partial charge in [0.1, 0.15) is 5.76 Å². The van der Waals surface area contributed by atoms with Gasteiger partial charge in [-0.2, -0.15) is 0 Å². The van der Waals surface area contributed by atoms with E-state index in [-0.39, 0.29) is 0 Å². The third-order valence-electron chi connectivity index (χ3n) is 3.85. The minimum Gasteiger partial charge on any atom is -0.468 e. The third-order valence-corrected chi connectivity index (χ3v) is 3.85. The zero-order valence-corrected chi connectivity index (χ0v) is 9.92. The highest BCUT2D eigenvalue weighted by atomic mass is 16.3. The third kappa shape index (κ3) is 2.25. The Morgan fingerprint density at radius 3 is 2.60 bits per heavy atom. The molecule has 1 fully saturated rings. The fourth-order valence-corrected chi connectivity index (χ4v) is 2.11. The van der Waals surface area contributed by atoms with Crippen LogP contribution in [0.15, 0.2) is 22.8 Å². The van der Waals surface area contributed by atoms with E-state index in [0.29, 0.717) is 11.5 Å². The Labute approximate surface area is 92.1 Å². The van der Waals surface area contributed by atoms with Crippen molar-refractivity contribution in [2.75, 3.05) is 6.54 Å². The van der Waals surface area contributed by atoms with Crippen molar-refractivity contribution in [2.24, 2.45) is 11.3 Å². The lowest BCUT2D eigenvalue weighted by Crippen LogP contribution is -2.29. The molecule has 1 aromatic rings. The zero-order chi connectivity index (χ0) is 10.9. The molecule has 1 aromatic heterocycles. The second kappa shape index (κ2) is 4.01. The van der Waals surface area contributed by atoms with Crippen LogP contribution in [0.3, 0.4) is 0 Å². The normalized spacial score (nSPS) is 20.5. The summed E-state index contributed by atoms with van der Waals surface area (Å²) >= 11 is 0. The molecule has 1 aliphatic carbocycles. The lowest BCUT2D eigenvalue weighted by atomic mass is 9.92. The van der Waals surface area contributed by atoms with Gasteiger partial charge < -0.3 is 9.73 Å². The van der Waals surface area contributed by atoms with E-state index in [0.717, 1.165) is 18.2 Å². The number of hydrogen-bond donors (Lipinski definition) is 1. The van der Waals surface area contributed by atoms with E-state index in [1.807, 2.05) is 12.1 Å². The van der Waals surface area contributed by atoms with Crippen molar-refractivity contribution < 1.29 is 4.42 Å². The molecule has 0 bridgehead atoms. The Kier molecular flexibility index (Phi) is 2.87.